The van der Waals surface area contributed by atoms with E-state index in [1.807, 2.05) is 0 Å². The first-order chi connectivity index (χ1) is 12.1. The predicted molar refractivity (Wildman–Crippen MR) is 117 cm³/mol. The van der Waals surface area contributed by atoms with Crippen LogP contribution in [0.3, 0.4) is 0 Å². The lowest BCUT2D eigenvalue weighted by Gasteiger charge is -2.55. The Labute approximate surface area is 176 Å². The molecule has 2 aliphatic heterocycles. The van der Waals surface area contributed by atoms with Crippen molar-refractivity contribution in [2.75, 3.05) is 26.2 Å². The van der Waals surface area contributed by atoms with Crippen molar-refractivity contribution in [3.8, 4) is 0 Å². The van der Waals surface area contributed by atoms with Crippen LogP contribution >= 0.6 is 24.0 Å². The molecule has 2 heterocycles. The third-order valence-electron chi connectivity index (χ3n) is 7.11. The lowest BCUT2D eigenvalue weighted by Crippen LogP contribution is -2.68. The Morgan fingerprint density at radius 3 is 2.65 bits per heavy atom. The van der Waals surface area contributed by atoms with E-state index < -0.39 is 0 Å². The minimum atomic E-state index is 0. The zero-order valence-corrected chi connectivity index (χ0v) is 19.0. The molecule has 4 unspecified atom stereocenters. The van der Waals surface area contributed by atoms with Gasteiger partial charge in [-0.05, 0) is 32.6 Å². The van der Waals surface area contributed by atoms with E-state index in [0.717, 1.165) is 25.2 Å². The van der Waals surface area contributed by atoms with Gasteiger partial charge in [0.15, 0.2) is 5.96 Å². The second-order valence-electron chi connectivity index (χ2n) is 9.07. The van der Waals surface area contributed by atoms with Crippen LogP contribution in [0.1, 0.15) is 59.3 Å². The summed E-state index contributed by atoms with van der Waals surface area (Å²) in [4.78, 5) is 7.46. The molecule has 4 aliphatic rings. The monoisotopic (exact) mass is 476 g/mol. The zero-order chi connectivity index (χ0) is 17.4. The second-order valence-corrected chi connectivity index (χ2v) is 9.07. The van der Waals surface area contributed by atoms with Crippen LogP contribution in [0.15, 0.2) is 4.99 Å². The fourth-order valence-corrected chi connectivity index (χ4v) is 5.76. The van der Waals surface area contributed by atoms with Crippen LogP contribution in [-0.4, -0.2) is 61.3 Å². The first-order valence-electron chi connectivity index (χ1n) is 10.5. The van der Waals surface area contributed by atoms with Gasteiger partial charge in [0.25, 0.3) is 0 Å². The maximum absolute atomic E-state index is 5.94. The summed E-state index contributed by atoms with van der Waals surface area (Å²) in [7, 11) is 0. The largest absolute Gasteiger partial charge is 0.377 e. The van der Waals surface area contributed by atoms with Crippen molar-refractivity contribution in [1.82, 2.24) is 15.5 Å². The molecule has 0 bridgehead atoms. The van der Waals surface area contributed by atoms with Gasteiger partial charge in [-0.2, -0.15) is 0 Å². The molecular weight excluding hydrogens is 439 g/mol. The summed E-state index contributed by atoms with van der Waals surface area (Å²) in [6.45, 7) is 11.0. The SMILES string of the molecule is CCN=C(NC1CCN(C2CCCC2)C1)NC1C2CCOC2C1(C)C.I. The number of rotatable bonds is 4. The number of likely N-dealkylation sites (tertiary alicyclic amines) is 1. The fourth-order valence-electron chi connectivity index (χ4n) is 5.76. The molecule has 0 spiro atoms. The standard InChI is InChI=1S/C20H36N4O.HI/c1-4-21-19(23-17-16-10-12-25-18(16)20(17,2)3)22-14-9-11-24(13-14)15-7-5-6-8-15;/h14-18H,4-13H2,1-3H3,(H2,21,22,23);1H. The van der Waals surface area contributed by atoms with Crippen LogP contribution in [0.25, 0.3) is 0 Å². The number of hydrogen-bond acceptors (Lipinski definition) is 3. The van der Waals surface area contributed by atoms with E-state index in [1.165, 1.54) is 51.6 Å². The summed E-state index contributed by atoms with van der Waals surface area (Å²) in [5.41, 5.74) is 0.197. The van der Waals surface area contributed by atoms with Crippen molar-refractivity contribution in [1.29, 1.82) is 0 Å². The van der Waals surface area contributed by atoms with E-state index in [9.17, 15) is 0 Å². The molecule has 4 atom stereocenters. The summed E-state index contributed by atoms with van der Waals surface area (Å²) in [6.07, 6.45) is 8.50. The van der Waals surface area contributed by atoms with Crippen LogP contribution in [0.5, 0.6) is 0 Å². The molecule has 4 fully saturated rings. The van der Waals surface area contributed by atoms with Crippen LogP contribution in [-0.2, 0) is 4.74 Å². The van der Waals surface area contributed by atoms with Gasteiger partial charge in [0.2, 0.25) is 0 Å². The third-order valence-corrected chi connectivity index (χ3v) is 7.11. The van der Waals surface area contributed by atoms with E-state index in [4.69, 9.17) is 9.73 Å². The molecule has 150 valence electrons. The van der Waals surface area contributed by atoms with Crippen LogP contribution in [0, 0.1) is 11.3 Å². The molecule has 2 aliphatic carbocycles. The molecule has 0 aromatic heterocycles. The number of fused-ring (bicyclic) bond motifs is 1. The molecule has 2 saturated carbocycles. The quantitative estimate of drug-likeness (QED) is 0.372. The number of nitrogens with zero attached hydrogens (tertiary/aromatic N) is 2. The second kappa shape index (κ2) is 8.52. The highest BCUT2D eigenvalue weighted by atomic mass is 127. The van der Waals surface area contributed by atoms with Crippen LogP contribution in [0.4, 0.5) is 0 Å². The van der Waals surface area contributed by atoms with Gasteiger partial charge in [-0.3, -0.25) is 9.89 Å². The van der Waals surface area contributed by atoms with Gasteiger partial charge >= 0.3 is 0 Å². The maximum Gasteiger partial charge on any atom is 0.191 e. The van der Waals surface area contributed by atoms with Crippen LogP contribution < -0.4 is 10.6 Å². The molecule has 6 heteroatoms. The third kappa shape index (κ3) is 3.88. The van der Waals surface area contributed by atoms with Crippen molar-refractivity contribution in [3.05, 3.63) is 0 Å². The average molecular weight is 476 g/mol. The van der Waals surface area contributed by atoms with Crippen molar-refractivity contribution in [3.63, 3.8) is 0 Å². The van der Waals surface area contributed by atoms with Crippen molar-refractivity contribution >= 4 is 29.9 Å². The molecule has 0 aromatic carbocycles. The number of ether oxygens (including phenoxy) is 1. The highest BCUT2D eigenvalue weighted by Gasteiger charge is 2.59. The Morgan fingerprint density at radius 1 is 1.15 bits per heavy atom. The molecule has 2 saturated heterocycles. The normalized spacial score (nSPS) is 37.1. The lowest BCUT2D eigenvalue weighted by atomic mass is 9.57. The van der Waals surface area contributed by atoms with E-state index in [2.05, 4.69) is 36.3 Å². The van der Waals surface area contributed by atoms with Gasteiger partial charge in [-0.1, -0.05) is 26.7 Å². The molecule has 26 heavy (non-hydrogen) atoms. The first-order valence-corrected chi connectivity index (χ1v) is 10.5. The minimum absolute atomic E-state index is 0. The van der Waals surface area contributed by atoms with E-state index in [1.54, 1.807) is 0 Å². The molecular formula is C20H37IN4O. The lowest BCUT2D eigenvalue weighted by molar-refractivity contribution is -0.106. The molecule has 0 radical (unpaired) electrons. The van der Waals surface area contributed by atoms with E-state index in [0.29, 0.717) is 24.1 Å². The first kappa shape index (κ1) is 20.6. The van der Waals surface area contributed by atoms with Crippen molar-refractivity contribution < 1.29 is 4.74 Å². The Hall–Kier alpha value is -0.0800. The maximum atomic E-state index is 5.94. The Balaban J connectivity index is 0.00000196. The highest BCUT2D eigenvalue weighted by molar-refractivity contribution is 14.0. The van der Waals surface area contributed by atoms with Crippen molar-refractivity contribution in [2.24, 2.45) is 16.3 Å². The summed E-state index contributed by atoms with van der Waals surface area (Å²) in [5, 5.41) is 7.51. The van der Waals surface area contributed by atoms with Crippen molar-refractivity contribution in [2.45, 2.75) is 83.5 Å². The molecule has 5 nitrogen and oxygen atoms in total. The summed E-state index contributed by atoms with van der Waals surface area (Å²) in [5.74, 6) is 1.67. The molecule has 0 aromatic rings. The smallest absolute Gasteiger partial charge is 0.191 e. The van der Waals surface area contributed by atoms with E-state index in [-0.39, 0.29) is 29.4 Å². The van der Waals surface area contributed by atoms with Gasteiger partial charge in [-0.25, -0.2) is 0 Å². The number of nitrogens with one attached hydrogen (secondary N) is 2. The Bertz CT molecular complexity index is 506. The zero-order valence-electron chi connectivity index (χ0n) is 16.7. The molecule has 4 rings (SSSR count). The van der Waals surface area contributed by atoms with Gasteiger partial charge in [0.05, 0.1) is 6.10 Å². The molecule has 2 N–H and O–H groups in total. The summed E-state index contributed by atoms with van der Waals surface area (Å²) < 4.78 is 5.94. The summed E-state index contributed by atoms with van der Waals surface area (Å²) >= 11 is 0. The summed E-state index contributed by atoms with van der Waals surface area (Å²) in [6, 6.07) is 1.86. The van der Waals surface area contributed by atoms with Gasteiger partial charge in [0, 0.05) is 55.7 Å². The van der Waals surface area contributed by atoms with E-state index >= 15 is 0 Å². The van der Waals surface area contributed by atoms with Crippen LogP contribution in [0.2, 0.25) is 0 Å². The fraction of sp³-hybridized carbons (Fsp3) is 0.950. The van der Waals surface area contributed by atoms with Gasteiger partial charge < -0.3 is 15.4 Å². The van der Waals surface area contributed by atoms with Gasteiger partial charge in [0.1, 0.15) is 0 Å². The highest BCUT2D eigenvalue weighted by Crippen LogP contribution is 2.52. The predicted octanol–water partition coefficient (Wildman–Crippen LogP) is 2.99. The number of aliphatic imine (C=N–C) groups is 1. The Morgan fingerprint density at radius 2 is 1.92 bits per heavy atom. The number of guanidine groups is 1. The van der Waals surface area contributed by atoms with Gasteiger partial charge in [-0.15, -0.1) is 24.0 Å². The minimum Gasteiger partial charge on any atom is -0.377 e. The average Bonchev–Trinajstić information content (AvgIpc) is 3.32. The number of halogens is 1. The number of hydrogen-bond donors (Lipinski definition) is 2. The Kier molecular flexibility index (Phi) is 6.76. The molecule has 0 amide bonds. The topological polar surface area (TPSA) is 48.9 Å².